The summed E-state index contributed by atoms with van der Waals surface area (Å²) in [5, 5.41) is 6.61. The third-order valence-corrected chi connectivity index (χ3v) is 11.1. The van der Waals surface area contributed by atoms with E-state index in [4.69, 9.17) is 23.8 Å². The maximum Gasteiger partial charge on any atom is 0.238 e. The van der Waals surface area contributed by atoms with Gasteiger partial charge in [0.2, 0.25) is 5.95 Å². The number of hydrogen-bond acceptors (Lipinski definition) is 5. The van der Waals surface area contributed by atoms with Gasteiger partial charge < -0.3 is 8.83 Å². The van der Waals surface area contributed by atoms with E-state index in [0.717, 1.165) is 99.1 Å². The van der Waals surface area contributed by atoms with Crippen LogP contribution in [0.25, 0.3) is 117 Å². The summed E-state index contributed by atoms with van der Waals surface area (Å²) in [5.41, 5.74) is 11.5. The summed E-state index contributed by atoms with van der Waals surface area (Å²) in [4.78, 5) is 15.5. The van der Waals surface area contributed by atoms with Crippen molar-refractivity contribution >= 4 is 65.7 Å². The lowest BCUT2D eigenvalue weighted by Crippen LogP contribution is -2.07. The monoisotopic (exact) mass is 760 g/mol. The summed E-state index contributed by atoms with van der Waals surface area (Å²) < 4.78 is 14.9. The molecule has 0 aliphatic carbocycles. The van der Waals surface area contributed by atoms with Gasteiger partial charge in [-0.15, -0.1) is 0 Å². The molecule has 4 aromatic heterocycles. The number of fused-ring (bicyclic) bond motifs is 9. The summed E-state index contributed by atoms with van der Waals surface area (Å²) in [6.07, 6.45) is 0. The largest absolute Gasteiger partial charge is 0.456 e. The van der Waals surface area contributed by atoms with E-state index in [9.17, 15) is 0 Å². The SMILES string of the molecule is CC.c1ccc(-c2nc(-c3ccc4c(c3)oc3ccccc34)nc(-n3c4ccccc4c4cccc(-c5ccc(-c6cccc7c6oc6ccccc67)cc5)c43)n2)cc1. The first kappa shape index (κ1) is 34.4. The Morgan fingerprint density at radius 2 is 0.915 bits per heavy atom. The zero-order chi connectivity index (χ0) is 39.5. The molecular formula is C53H36N4O2. The number of rotatable bonds is 5. The number of para-hydroxylation sites is 5. The molecule has 0 radical (unpaired) electrons. The van der Waals surface area contributed by atoms with Gasteiger partial charge in [0.1, 0.15) is 22.3 Å². The Morgan fingerprint density at radius 3 is 1.68 bits per heavy atom. The summed E-state index contributed by atoms with van der Waals surface area (Å²) in [5.74, 6) is 1.69. The van der Waals surface area contributed by atoms with Crippen molar-refractivity contribution in [3.05, 3.63) is 182 Å². The maximum absolute atomic E-state index is 6.40. The van der Waals surface area contributed by atoms with Crippen LogP contribution in [0.1, 0.15) is 13.8 Å². The number of nitrogens with zero attached hydrogens (tertiary/aromatic N) is 4. The molecule has 59 heavy (non-hydrogen) atoms. The van der Waals surface area contributed by atoms with Crippen LogP contribution in [0.4, 0.5) is 0 Å². The van der Waals surface area contributed by atoms with E-state index >= 15 is 0 Å². The number of benzene rings is 8. The molecule has 0 spiro atoms. The number of furan rings is 2. The molecule has 4 heterocycles. The number of aromatic nitrogens is 4. The smallest absolute Gasteiger partial charge is 0.238 e. The molecule has 0 aliphatic rings. The number of hydrogen-bond donors (Lipinski definition) is 0. The van der Waals surface area contributed by atoms with E-state index in [1.54, 1.807) is 0 Å². The second-order valence-corrected chi connectivity index (χ2v) is 14.4. The van der Waals surface area contributed by atoms with Crippen LogP contribution >= 0.6 is 0 Å². The molecule has 6 heteroatoms. The predicted molar refractivity (Wildman–Crippen MR) is 242 cm³/mol. The first-order valence-electron chi connectivity index (χ1n) is 20.0. The molecule has 0 N–H and O–H groups in total. The minimum Gasteiger partial charge on any atom is -0.456 e. The Balaban J connectivity index is 0.00000196. The summed E-state index contributed by atoms with van der Waals surface area (Å²) in [7, 11) is 0. The third kappa shape index (κ3) is 5.60. The first-order valence-corrected chi connectivity index (χ1v) is 20.0. The third-order valence-electron chi connectivity index (χ3n) is 11.1. The van der Waals surface area contributed by atoms with Gasteiger partial charge in [0, 0.05) is 54.6 Å². The average molecular weight is 761 g/mol. The Kier molecular flexibility index (Phi) is 8.15. The lowest BCUT2D eigenvalue weighted by molar-refractivity contribution is 0.669. The Bertz CT molecular complexity index is 3520. The van der Waals surface area contributed by atoms with Crippen LogP contribution in [0.5, 0.6) is 0 Å². The molecule has 6 nitrogen and oxygen atoms in total. The van der Waals surface area contributed by atoms with Gasteiger partial charge in [-0.2, -0.15) is 9.97 Å². The van der Waals surface area contributed by atoms with Crippen molar-refractivity contribution in [3.63, 3.8) is 0 Å². The molecule has 0 saturated heterocycles. The van der Waals surface area contributed by atoms with Gasteiger partial charge in [0.15, 0.2) is 11.6 Å². The molecule has 8 aromatic carbocycles. The Labute approximate surface area is 339 Å². The quantitative estimate of drug-likeness (QED) is 0.175. The van der Waals surface area contributed by atoms with Gasteiger partial charge in [0.05, 0.1) is 11.0 Å². The van der Waals surface area contributed by atoms with Gasteiger partial charge in [-0.3, -0.25) is 4.57 Å². The second kappa shape index (κ2) is 14.0. The van der Waals surface area contributed by atoms with Crippen molar-refractivity contribution < 1.29 is 8.83 Å². The van der Waals surface area contributed by atoms with E-state index in [1.807, 2.05) is 80.6 Å². The highest BCUT2D eigenvalue weighted by Crippen LogP contribution is 2.40. The molecule has 0 bridgehead atoms. The minimum absolute atomic E-state index is 0.537. The van der Waals surface area contributed by atoms with Gasteiger partial charge in [-0.1, -0.05) is 166 Å². The van der Waals surface area contributed by atoms with Crippen molar-refractivity contribution in [1.29, 1.82) is 0 Å². The van der Waals surface area contributed by atoms with Crippen molar-refractivity contribution in [3.8, 4) is 51.0 Å². The van der Waals surface area contributed by atoms with Gasteiger partial charge >= 0.3 is 0 Å². The zero-order valence-corrected chi connectivity index (χ0v) is 32.4. The molecule has 0 amide bonds. The fourth-order valence-corrected chi connectivity index (χ4v) is 8.44. The Hall–Kier alpha value is -7.83. The molecule has 12 rings (SSSR count). The van der Waals surface area contributed by atoms with Crippen molar-refractivity contribution in [1.82, 2.24) is 19.5 Å². The van der Waals surface area contributed by atoms with Crippen LogP contribution in [0.3, 0.4) is 0 Å². The summed E-state index contributed by atoms with van der Waals surface area (Å²) in [6, 6.07) is 62.7. The van der Waals surface area contributed by atoms with Crippen LogP contribution in [-0.2, 0) is 0 Å². The normalized spacial score (nSPS) is 11.6. The second-order valence-electron chi connectivity index (χ2n) is 14.4. The van der Waals surface area contributed by atoms with Gasteiger partial charge in [-0.25, -0.2) is 4.98 Å². The maximum atomic E-state index is 6.40. The minimum atomic E-state index is 0.537. The van der Waals surface area contributed by atoms with Gasteiger partial charge in [-0.05, 0) is 41.5 Å². The predicted octanol–water partition coefficient (Wildman–Crippen LogP) is 14.5. The topological polar surface area (TPSA) is 69.9 Å². The van der Waals surface area contributed by atoms with E-state index < -0.39 is 0 Å². The van der Waals surface area contributed by atoms with E-state index in [-0.39, 0.29) is 0 Å². The molecule has 280 valence electrons. The average Bonchev–Trinajstić information content (AvgIpc) is 3.99. The van der Waals surface area contributed by atoms with Crippen molar-refractivity contribution in [2.45, 2.75) is 13.8 Å². The Morgan fingerprint density at radius 1 is 0.373 bits per heavy atom. The molecule has 12 aromatic rings. The molecular weight excluding hydrogens is 725 g/mol. The lowest BCUT2D eigenvalue weighted by atomic mass is 9.97. The van der Waals surface area contributed by atoms with E-state index in [1.165, 1.54) is 0 Å². The van der Waals surface area contributed by atoms with Crippen LogP contribution in [-0.4, -0.2) is 19.5 Å². The fraction of sp³-hybridized carbons (Fsp3) is 0.0377. The molecule has 0 unspecified atom stereocenters. The van der Waals surface area contributed by atoms with Crippen molar-refractivity contribution in [2.75, 3.05) is 0 Å². The van der Waals surface area contributed by atoms with E-state index in [0.29, 0.717) is 17.6 Å². The van der Waals surface area contributed by atoms with Gasteiger partial charge in [0.25, 0.3) is 0 Å². The van der Waals surface area contributed by atoms with Crippen LogP contribution in [0.2, 0.25) is 0 Å². The lowest BCUT2D eigenvalue weighted by Gasteiger charge is -2.13. The first-order chi connectivity index (χ1) is 29.2. The van der Waals surface area contributed by atoms with Crippen LogP contribution in [0.15, 0.2) is 191 Å². The van der Waals surface area contributed by atoms with Crippen LogP contribution < -0.4 is 0 Å². The summed E-state index contributed by atoms with van der Waals surface area (Å²) in [6.45, 7) is 4.00. The van der Waals surface area contributed by atoms with Crippen molar-refractivity contribution in [2.24, 2.45) is 0 Å². The molecule has 0 atom stereocenters. The summed E-state index contributed by atoms with van der Waals surface area (Å²) >= 11 is 0. The highest BCUT2D eigenvalue weighted by Gasteiger charge is 2.21. The van der Waals surface area contributed by atoms with Crippen LogP contribution in [0, 0.1) is 0 Å². The molecule has 0 saturated carbocycles. The molecule has 0 aliphatic heterocycles. The zero-order valence-electron chi connectivity index (χ0n) is 32.4. The standard InChI is InChI=1S/C51H30N4O2.C2H6/c1-2-12-33(13-3-1)49-52-50(34-28-29-40-38-15-5-8-22-44(38)56-46(40)30-34)54-51(53-49)55-43-21-7-4-14-37(43)41-19-10-17-35(47(41)55)31-24-26-32(27-25-31)36-18-11-20-42-39-16-6-9-23-45(39)57-48(36)42;1-2/h1-30H;1-2H3. The van der Waals surface area contributed by atoms with E-state index in [2.05, 4.69) is 120 Å². The molecule has 0 fully saturated rings. The highest BCUT2D eigenvalue weighted by atomic mass is 16.3. The fourth-order valence-electron chi connectivity index (χ4n) is 8.44. The highest BCUT2D eigenvalue weighted by molar-refractivity contribution is 6.14.